The third kappa shape index (κ3) is 4.27. The van der Waals surface area contributed by atoms with E-state index in [9.17, 15) is 9.59 Å². The summed E-state index contributed by atoms with van der Waals surface area (Å²) in [6.07, 6.45) is 0. The first-order valence-electron chi connectivity index (χ1n) is 8.10. The van der Waals surface area contributed by atoms with Gasteiger partial charge in [0.05, 0.1) is 5.56 Å². The standard InChI is InChI=1S/C21H18N2O3/c22-20(24)14-26-19-9-5-4-8-18(19)21(25)23-17-12-10-16(11-13-17)15-6-2-1-3-7-15/h1-13H,14H2,(H2,22,24)(H,23,25). The number of anilines is 1. The van der Waals surface area contributed by atoms with Crippen molar-refractivity contribution >= 4 is 17.5 Å². The molecule has 5 nitrogen and oxygen atoms in total. The van der Waals surface area contributed by atoms with Crippen molar-refractivity contribution in [3.05, 3.63) is 84.4 Å². The summed E-state index contributed by atoms with van der Waals surface area (Å²) in [5.41, 5.74) is 8.26. The second-order valence-electron chi connectivity index (χ2n) is 5.65. The minimum absolute atomic E-state index is 0.282. The van der Waals surface area contributed by atoms with Crippen LogP contribution in [0.1, 0.15) is 10.4 Å². The Balaban J connectivity index is 1.73. The van der Waals surface area contributed by atoms with Crippen LogP contribution >= 0.6 is 0 Å². The highest BCUT2D eigenvalue weighted by Gasteiger charge is 2.13. The van der Waals surface area contributed by atoms with Crippen LogP contribution in [0.5, 0.6) is 5.75 Å². The van der Waals surface area contributed by atoms with E-state index in [0.29, 0.717) is 17.0 Å². The highest BCUT2D eigenvalue weighted by molar-refractivity contribution is 6.06. The Bertz CT molecular complexity index is 906. The number of amides is 2. The van der Waals surface area contributed by atoms with Crippen molar-refractivity contribution < 1.29 is 14.3 Å². The molecule has 3 rings (SSSR count). The highest BCUT2D eigenvalue weighted by Crippen LogP contribution is 2.23. The molecule has 26 heavy (non-hydrogen) atoms. The van der Waals surface area contributed by atoms with Crippen LogP contribution in [-0.4, -0.2) is 18.4 Å². The lowest BCUT2D eigenvalue weighted by Crippen LogP contribution is -2.21. The fourth-order valence-electron chi connectivity index (χ4n) is 2.50. The van der Waals surface area contributed by atoms with E-state index in [4.69, 9.17) is 10.5 Å². The first kappa shape index (κ1) is 17.2. The molecule has 3 aromatic carbocycles. The largest absolute Gasteiger partial charge is 0.483 e. The van der Waals surface area contributed by atoms with Gasteiger partial charge in [0.1, 0.15) is 5.75 Å². The summed E-state index contributed by atoms with van der Waals surface area (Å²) >= 11 is 0. The van der Waals surface area contributed by atoms with E-state index < -0.39 is 5.91 Å². The number of nitrogens with two attached hydrogens (primary N) is 1. The zero-order valence-corrected chi connectivity index (χ0v) is 14.0. The van der Waals surface area contributed by atoms with E-state index in [0.717, 1.165) is 11.1 Å². The topological polar surface area (TPSA) is 81.4 Å². The Hall–Kier alpha value is -3.60. The van der Waals surface area contributed by atoms with Crippen molar-refractivity contribution in [2.75, 3.05) is 11.9 Å². The fourth-order valence-corrected chi connectivity index (χ4v) is 2.50. The molecule has 3 N–H and O–H groups in total. The summed E-state index contributed by atoms with van der Waals surface area (Å²) < 4.78 is 5.30. The van der Waals surface area contributed by atoms with Gasteiger partial charge in [0, 0.05) is 5.69 Å². The number of hydrogen-bond donors (Lipinski definition) is 2. The number of carbonyl (C=O) groups is 2. The van der Waals surface area contributed by atoms with Crippen molar-refractivity contribution in [2.45, 2.75) is 0 Å². The summed E-state index contributed by atoms with van der Waals surface area (Å²) in [5.74, 6) is -0.612. The number of rotatable bonds is 6. The molecule has 2 amide bonds. The molecule has 130 valence electrons. The number of ether oxygens (including phenoxy) is 1. The minimum atomic E-state index is -0.600. The number of carbonyl (C=O) groups excluding carboxylic acids is 2. The molecule has 0 saturated carbocycles. The second-order valence-corrected chi connectivity index (χ2v) is 5.65. The molecule has 0 aliphatic heterocycles. The summed E-state index contributed by atoms with van der Waals surface area (Å²) in [4.78, 5) is 23.4. The first-order valence-corrected chi connectivity index (χ1v) is 8.10. The highest BCUT2D eigenvalue weighted by atomic mass is 16.5. The van der Waals surface area contributed by atoms with Crippen LogP contribution in [0.2, 0.25) is 0 Å². The lowest BCUT2D eigenvalue weighted by atomic mass is 10.1. The smallest absolute Gasteiger partial charge is 0.259 e. The van der Waals surface area contributed by atoms with Gasteiger partial charge in [-0.3, -0.25) is 9.59 Å². The van der Waals surface area contributed by atoms with Crippen LogP contribution in [-0.2, 0) is 4.79 Å². The number of para-hydroxylation sites is 1. The zero-order chi connectivity index (χ0) is 18.4. The zero-order valence-electron chi connectivity index (χ0n) is 14.0. The van der Waals surface area contributed by atoms with Gasteiger partial charge >= 0.3 is 0 Å². The van der Waals surface area contributed by atoms with Gasteiger partial charge in [0.15, 0.2) is 6.61 Å². The normalized spacial score (nSPS) is 10.2. The second kappa shape index (κ2) is 7.98. The fraction of sp³-hybridized carbons (Fsp3) is 0.0476. The average Bonchev–Trinajstić information content (AvgIpc) is 2.68. The van der Waals surface area contributed by atoms with Crippen molar-refractivity contribution in [3.8, 4) is 16.9 Å². The van der Waals surface area contributed by atoms with Crippen molar-refractivity contribution in [1.29, 1.82) is 0 Å². The van der Waals surface area contributed by atoms with Gasteiger partial charge in [-0.2, -0.15) is 0 Å². The quantitative estimate of drug-likeness (QED) is 0.717. The Kier molecular flexibility index (Phi) is 5.29. The average molecular weight is 346 g/mol. The van der Waals surface area contributed by atoms with Crippen molar-refractivity contribution in [2.24, 2.45) is 5.73 Å². The summed E-state index contributed by atoms with van der Waals surface area (Å²) in [6, 6.07) is 24.3. The summed E-state index contributed by atoms with van der Waals surface area (Å²) in [6.45, 7) is -0.282. The molecule has 0 atom stereocenters. The van der Waals surface area contributed by atoms with Gasteiger partial charge in [-0.25, -0.2) is 0 Å². The molecule has 0 saturated heterocycles. The van der Waals surface area contributed by atoms with Crippen molar-refractivity contribution in [3.63, 3.8) is 0 Å². The van der Waals surface area contributed by atoms with Gasteiger partial charge in [0.2, 0.25) is 0 Å². The molecule has 0 fully saturated rings. The molecule has 5 heteroatoms. The Morgan fingerprint density at radius 2 is 1.42 bits per heavy atom. The van der Waals surface area contributed by atoms with E-state index in [1.165, 1.54) is 0 Å². The maximum Gasteiger partial charge on any atom is 0.259 e. The predicted molar refractivity (Wildman–Crippen MR) is 101 cm³/mol. The number of benzene rings is 3. The lowest BCUT2D eigenvalue weighted by Gasteiger charge is -2.11. The van der Waals surface area contributed by atoms with E-state index >= 15 is 0 Å². The Morgan fingerprint density at radius 1 is 0.808 bits per heavy atom. The molecule has 0 aliphatic carbocycles. The molecule has 0 radical (unpaired) electrons. The van der Waals surface area contributed by atoms with Crippen LogP contribution in [0, 0.1) is 0 Å². The van der Waals surface area contributed by atoms with Crippen LogP contribution < -0.4 is 15.8 Å². The molecule has 0 unspecified atom stereocenters. The Labute approximate surface area is 151 Å². The van der Waals surface area contributed by atoms with Crippen LogP contribution in [0.3, 0.4) is 0 Å². The molecular weight excluding hydrogens is 328 g/mol. The monoisotopic (exact) mass is 346 g/mol. The molecule has 0 aromatic heterocycles. The predicted octanol–water partition coefficient (Wildman–Crippen LogP) is 3.47. The maximum absolute atomic E-state index is 12.5. The van der Waals surface area contributed by atoms with Crippen LogP contribution in [0.25, 0.3) is 11.1 Å². The Morgan fingerprint density at radius 3 is 2.12 bits per heavy atom. The molecule has 0 bridgehead atoms. The van der Waals surface area contributed by atoms with Crippen LogP contribution in [0.15, 0.2) is 78.9 Å². The van der Waals surface area contributed by atoms with Gasteiger partial charge in [-0.05, 0) is 35.4 Å². The van der Waals surface area contributed by atoms with Gasteiger partial charge in [-0.15, -0.1) is 0 Å². The summed E-state index contributed by atoms with van der Waals surface area (Å²) in [5, 5.41) is 2.83. The molecule has 0 heterocycles. The molecule has 0 aliphatic rings. The third-order valence-corrected chi connectivity index (χ3v) is 3.75. The van der Waals surface area contributed by atoms with Gasteiger partial charge in [0.25, 0.3) is 11.8 Å². The van der Waals surface area contributed by atoms with E-state index in [1.807, 2.05) is 54.6 Å². The maximum atomic E-state index is 12.5. The SMILES string of the molecule is NC(=O)COc1ccccc1C(=O)Nc1ccc(-c2ccccc2)cc1. The lowest BCUT2D eigenvalue weighted by molar-refractivity contribution is -0.119. The van der Waals surface area contributed by atoms with Crippen molar-refractivity contribution in [1.82, 2.24) is 0 Å². The van der Waals surface area contributed by atoms with Gasteiger partial charge in [-0.1, -0.05) is 54.6 Å². The number of hydrogen-bond acceptors (Lipinski definition) is 3. The first-order chi connectivity index (χ1) is 12.6. The molecular formula is C21H18N2O3. The number of nitrogens with one attached hydrogen (secondary N) is 1. The van der Waals surface area contributed by atoms with E-state index in [2.05, 4.69) is 5.32 Å². The van der Waals surface area contributed by atoms with E-state index in [1.54, 1.807) is 24.3 Å². The molecule has 0 spiro atoms. The van der Waals surface area contributed by atoms with Crippen LogP contribution in [0.4, 0.5) is 5.69 Å². The summed E-state index contributed by atoms with van der Waals surface area (Å²) in [7, 11) is 0. The van der Waals surface area contributed by atoms with E-state index in [-0.39, 0.29) is 12.5 Å². The molecule has 3 aromatic rings. The minimum Gasteiger partial charge on any atom is -0.483 e. The van der Waals surface area contributed by atoms with Gasteiger partial charge < -0.3 is 15.8 Å². The number of primary amides is 1. The third-order valence-electron chi connectivity index (χ3n) is 3.75.